The molecule has 0 fully saturated rings. The van der Waals surface area contributed by atoms with Crippen LogP contribution in [0.3, 0.4) is 0 Å². The predicted octanol–water partition coefficient (Wildman–Crippen LogP) is 2.77. The maximum absolute atomic E-state index is 12.6. The number of hydrazine groups is 1. The molecule has 2 aromatic rings. The van der Waals surface area contributed by atoms with Gasteiger partial charge in [-0.3, -0.25) is 25.8 Å². The van der Waals surface area contributed by atoms with E-state index < -0.39 is 28.3 Å². The van der Waals surface area contributed by atoms with Crippen molar-refractivity contribution >= 4 is 17.3 Å². The van der Waals surface area contributed by atoms with Gasteiger partial charge in [-0.1, -0.05) is 0 Å². The average Bonchev–Trinajstić information content (AvgIpc) is 2.58. The van der Waals surface area contributed by atoms with E-state index in [1.165, 1.54) is 25.4 Å². The van der Waals surface area contributed by atoms with Gasteiger partial charge in [0.05, 0.1) is 17.6 Å². The molecule has 0 aliphatic heterocycles. The summed E-state index contributed by atoms with van der Waals surface area (Å²) in [6, 6.07) is 4.75. The lowest BCUT2D eigenvalue weighted by Gasteiger charge is -2.12. The number of amides is 1. The molecular formula is C14H11F3N4O4. The van der Waals surface area contributed by atoms with Crippen LogP contribution in [0.25, 0.3) is 0 Å². The number of nitro benzene ring substituents is 1. The smallest absolute Gasteiger partial charge is 0.416 e. The Balaban J connectivity index is 2.23. The highest BCUT2D eigenvalue weighted by Gasteiger charge is 2.33. The molecule has 2 N–H and O–H groups in total. The Kier molecular flexibility index (Phi) is 5.05. The molecule has 0 saturated heterocycles. The second-order valence-electron chi connectivity index (χ2n) is 4.63. The van der Waals surface area contributed by atoms with Crippen LogP contribution in [0.2, 0.25) is 0 Å². The van der Waals surface area contributed by atoms with Crippen LogP contribution in [-0.2, 0) is 6.18 Å². The number of halogens is 3. The van der Waals surface area contributed by atoms with E-state index in [0.717, 1.165) is 6.07 Å². The molecule has 132 valence electrons. The fraction of sp³-hybridized carbons (Fsp3) is 0.143. The lowest BCUT2D eigenvalue weighted by Crippen LogP contribution is -2.30. The number of ether oxygens (including phenoxy) is 1. The van der Waals surface area contributed by atoms with Crippen molar-refractivity contribution in [3.05, 3.63) is 57.8 Å². The third-order valence-corrected chi connectivity index (χ3v) is 3.04. The van der Waals surface area contributed by atoms with Crippen molar-refractivity contribution in [2.24, 2.45) is 0 Å². The number of aromatic nitrogens is 1. The molecule has 1 amide bonds. The lowest BCUT2D eigenvalue weighted by molar-refractivity contribution is -0.384. The van der Waals surface area contributed by atoms with Crippen molar-refractivity contribution < 1.29 is 27.6 Å². The summed E-state index contributed by atoms with van der Waals surface area (Å²) < 4.78 is 42.8. The molecule has 0 bridgehead atoms. The summed E-state index contributed by atoms with van der Waals surface area (Å²) in [6.45, 7) is 0. The summed E-state index contributed by atoms with van der Waals surface area (Å²) in [7, 11) is 1.30. The van der Waals surface area contributed by atoms with Gasteiger partial charge in [0.15, 0.2) is 0 Å². The first-order valence-corrected chi connectivity index (χ1v) is 6.65. The van der Waals surface area contributed by atoms with Crippen LogP contribution in [0.4, 0.5) is 24.5 Å². The Bertz CT molecular complexity index is 811. The highest BCUT2D eigenvalue weighted by molar-refractivity contribution is 5.97. The molecule has 0 unspecified atom stereocenters. The molecule has 0 radical (unpaired) electrons. The van der Waals surface area contributed by atoms with Gasteiger partial charge in [-0.05, 0) is 24.3 Å². The number of pyridine rings is 1. The van der Waals surface area contributed by atoms with Crippen molar-refractivity contribution in [1.82, 2.24) is 10.4 Å². The topological polar surface area (TPSA) is 106 Å². The third kappa shape index (κ3) is 4.13. The van der Waals surface area contributed by atoms with E-state index in [-0.39, 0.29) is 17.1 Å². The molecule has 0 aliphatic rings. The molecule has 1 heterocycles. The van der Waals surface area contributed by atoms with Crippen LogP contribution in [0.15, 0.2) is 36.5 Å². The minimum absolute atomic E-state index is 0.0173. The van der Waals surface area contributed by atoms with Crippen LogP contribution in [-0.4, -0.2) is 22.9 Å². The van der Waals surface area contributed by atoms with Crippen LogP contribution in [0, 0.1) is 10.1 Å². The average molecular weight is 356 g/mol. The number of nitrogens with zero attached hydrogens (tertiary/aromatic N) is 2. The first-order valence-electron chi connectivity index (χ1n) is 6.65. The molecule has 0 aliphatic carbocycles. The normalized spacial score (nSPS) is 10.9. The van der Waals surface area contributed by atoms with Crippen molar-refractivity contribution in [2.45, 2.75) is 6.18 Å². The number of benzene rings is 1. The van der Waals surface area contributed by atoms with Gasteiger partial charge in [-0.25, -0.2) is 4.98 Å². The zero-order valence-corrected chi connectivity index (χ0v) is 12.6. The number of anilines is 1. The Hall–Kier alpha value is -3.37. The fourth-order valence-electron chi connectivity index (χ4n) is 1.88. The summed E-state index contributed by atoms with van der Waals surface area (Å²) in [4.78, 5) is 25.9. The van der Waals surface area contributed by atoms with Gasteiger partial charge in [-0.15, -0.1) is 0 Å². The first-order chi connectivity index (χ1) is 11.7. The Labute approximate surface area is 138 Å². The van der Waals surface area contributed by atoms with Gasteiger partial charge in [0.25, 0.3) is 11.6 Å². The lowest BCUT2D eigenvalue weighted by atomic mass is 10.1. The van der Waals surface area contributed by atoms with E-state index in [2.05, 4.69) is 15.8 Å². The zero-order valence-electron chi connectivity index (χ0n) is 12.6. The van der Waals surface area contributed by atoms with Crippen LogP contribution in [0.5, 0.6) is 5.88 Å². The maximum atomic E-state index is 12.6. The number of hydrogen-bond acceptors (Lipinski definition) is 6. The molecular weight excluding hydrogens is 345 g/mol. The van der Waals surface area contributed by atoms with E-state index in [9.17, 15) is 28.1 Å². The number of nitro groups is 1. The third-order valence-electron chi connectivity index (χ3n) is 3.04. The fourth-order valence-corrected chi connectivity index (χ4v) is 1.88. The molecule has 25 heavy (non-hydrogen) atoms. The summed E-state index contributed by atoms with van der Waals surface area (Å²) in [6.07, 6.45) is -3.33. The predicted molar refractivity (Wildman–Crippen MR) is 80.0 cm³/mol. The van der Waals surface area contributed by atoms with E-state index in [4.69, 9.17) is 4.74 Å². The van der Waals surface area contributed by atoms with Gasteiger partial charge in [0.1, 0.15) is 11.3 Å². The summed E-state index contributed by atoms with van der Waals surface area (Å²) >= 11 is 0. The van der Waals surface area contributed by atoms with E-state index in [0.29, 0.717) is 12.1 Å². The SMILES string of the molecule is COc1ncccc1C(=O)NNc1ccc(C(F)(F)F)cc1[N+](=O)[O-]. The quantitative estimate of drug-likeness (QED) is 0.630. The number of carbonyl (C=O) groups is 1. The second kappa shape index (κ2) is 7.03. The van der Waals surface area contributed by atoms with Crippen molar-refractivity contribution in [1.29, 1.82) is 0 Å². The molecule has 1 aromatic carbocycles. The standard InChI is InChI=1S/C14H11F3N4O4/c1-25-13-9(3-2-6-18-13)12(22)20-19-10-5-4-8(14(15,16)17)7-11(10)21(23)24/h2-7,19H,1H3,(H,20,22). The monoisotopic (exact) mass is 356 g/mol. The summed E-state index contributed by atoms with van der Waals surface area (Å²) in [5, 5.41) is 11.0. The highest BCUT2D eigenvalue weighted by atomic mass is 19.4. The van der Waals surface area contributed by atoms with Crippen molar-refractivity contribution in [3.8, 4) is 5.88 Å². The molecule has 8 nitrogen and oxygen atoms in total. The summed E-state index contributed by atoms with van der Waals surface area (Å²) in [5.74, 6) is -0.720. The van der Waals surface area contributed by atoms with E-state index >= 15 is 0 Å². The largest absolute Gasteiger partial charge is 0.480 e. The zero-order chi connectivity index (χ0) is 18.6. The number of methoxy groups -OCH3 is 1. The highest BCUT2D eigenvalue weighted by Crippen LogP contribution is 2.34. The molecule has 0 saturated carbocycles. The maximum Gasteiger partial charge on any atom is 0.416 e. The van der Waals surface area contributed by atoms with Crippen molar-refractivity contribution in [3.63, 3.8) is 0 Å². The molecule has 0 spiro atoms. The minimum Gasteiger partial charge on any atom is -0.480 e. The summed E-state index contributed by atoms with van der Waals surface area (Å²) in [5.41, 5.74) is 2.09. The molecule has 0 atom stereocenters. The Morgan fingerprint density at radius 2 is 2.04 bits per heavy atom. The molecule has 2 rings (SSSR count). The minimum atomic E-state index is -4.73. The Morgan fingerprint density at radius 3 is 2.64 bits per heavy atom. The number of carbonyl (C=O) groups excluding carboxylic acids is 1. The van der Waals surface area contributed by atoms with Gasteiger partial charge in [0.2, 0.25) is 5.88 Å². The van der Waals surface area contributed by atoms with E-state index in [1.807, 2.05) is 0 Å². The van der Waals surface area contributed by atoms with Gasteiger partial charge in [0, 0.05) is 12.3 Å². The van der Waals surface area contributed by atoms with Gasteiger partial charge < -0.3 is 4.74 Å². The number of nitrogens with one attached hydrogen (secondary N) is 2. The Morgan fingerprint density at radius 1 is 1.32 bits per heavy atom. The molecule has 1 aromatic heterocycles. The van der Waals surface area contributed by atoms with Crippen LogP contribution >= 0.6 is 0 Å². The van der Waals surface area contributed by atoms with Gasteiger partial charge >= 0.3 is 6.18 Å². The number of hydrogen-bond donors (Lipinski definition) is 2. The van der Waals surface area contributed by atoms with Gasteiger partial charge in [-0.2, -0.15) is 13.2 Å². The van der Waals surface area contributed by atoms with Crippen LogP contribution in [0.1, 0.15) is 15.9 Å². The first kappa shape index (κ1) is 18.0. The molecule has 11 heteroatoms. The van der Waals surface area contributed by atoms with Crippen molar-refractivity contribution in [2.75, 3.05) is 12.5 Å². The number of rotatable bonds is 5. The van der Waals surface area contributed by atoms with E-state index in [1.54, 1.807) is 0 Å². The van der Waals surface area contributed by atoms with Crippen LogP contribution < -0.4 is 15.6 Å². The number of alkyl halides is 3. The second-order valence-corrected chi connectivity index (χ2v) is 4.63.